The fraction of sp³-hybridized carbons (Fsp3) is 1.00. The van der Waals surface area contributed by atoms with E-state index in [-0.39, 0.29) is 63.9 Å². The predicted molar refractivity (Wildman–Crippen MR) is 169 cm³/mol. The molecule has 0 aromatic rings. The van der Waals surface area contributed by atoms with E-state index in [0.717, 1.165) is 25.7 Å². The Kier molecular flexibility index (Phi) is 38.2. The molecule has 0 saturated carbocycles. The summed E-state index contributed by atoms with van der Waals surface area (Å²) in [7, 11) is -4.59. The fourth-order valence-corrected chi connectivity index (χ4v) is 6.10. The maximum atomic E-state index is 11.0. The summed E-state index contributed by atoms with van der Waals surface area (Å²) in [6.07, 6.45) is 39.5. The molecule has 0 aromatic heterocycles. The van der Waals surface area contributed by atoms with Crippen LogP contribution in [0.25, 0.3) is 0 Å². The summed E-state index contributed by atoms with van der Waals surface area (Å²) in [5, 5.41) is 0. The molecule has 0 radical (unpaired) electrons. The van der Waals surface area contributed by atoms with Crippen molar-refractivity contribution >= 4 is 10.4 Å². The Hall–Kier alpha value is 1.51. The third-order valence-electron chi connectivity index (χ3n) is 8.38. The van der Waals surface area contributed by atoms with Crippen molar-refractivity contribution in [1.29, 1.82) is 0 Å². The molecular weight excluding hydrogens is 544 g/mol. The van der Waals surface area contributed by atoms with E-state index in [4.69, 9.17) is 0 Å². The molecule has 0 fully saturated rings. The zero-order valence-electron chi connectivity index (χ0n) is 27.5. The van der Waals surface area contributed by atoms with Crippen molar-refractivity contribution in [2.45, 2.75) is 206 Å². The van der Waals surface area contributed by atoms with Crippen LogP contribution in [0.15, 0.2) is 0 Å². The molecule has 0 N–H and O–H groups in total. The van der Waals surface area contributed by atoms with Gasteiger partial charge in [0.1, 0.15) is 0 Å². The Balaban J connectivity index is 0. The van der Waals surface area contributed by atoms with Gasteiger partial charge in [0, 0.05) is 0 Å². The Morgan fingerprint density at radius 1 is 0.450 bits per heavy atom. The molecule has 0 aliphatic carbocycles. The van der Waals surface area contributed by atoms with Gasteiger partial charge in [-0.1, -0.05) is 194 Å². The molecule has 0 aliphatic rings. The van der Waals surface area contributed by atoms with Crippen LogP contribution in [0.5, 0.6) is 0 Å². The van der Waals surface area contributed by atoms with Crippen LogP contribution < -0.4 is 51.4 Å². The monoisotopic (exact) mass is 612 g/mol. The second-order valence-electron chi connectivity index (χ2n) is 12.3. The summed E-state index contributed by atoms with van der Waals surface area (Å²) < 4.78 is 37.5. The van der Waals surface area contributed by atoms with Gasteiger partial charge in [0.15, 0.2) is 0 Å². The molecule has 1 atom stereocenters. The average molecular weight is 613 g/mol. The summed E-state index contributed by atoms with van der Waals surface area (Å²) >= 11 is 0. The minimum atomic E-state index is -4.59. The molecule has 0 heterocycles. The van der Waals surface area contributed by atoms with Gasteiger partial charge in [0.2, 0.25) is 10.4 Å². The average Bonchev–Trinajstić information content (AvgIpc) is 2.91. The molecule has 0 rings (SSSR count). The van der Waals surface area contributed by atoms with E-state index in [2.05, 4.69) is 18.0 Å². The quantitative estimate of drug-likeness (QED) is 0.0321. The largest absolute Gasteiger partial charge is 1.00 e. The van der Waals surface area contributed by atoms with Gasteiger partial charge in [-0.3, -0.25) is 4.18 Å². The molecule has 0 amide bonds. The molecular formula is C34H69KO4S. The van der Waals surface area contributed by atoms with Gasteiger partial charge in [-0.05, 0) is 18.8 Å². The fourth-order valence-electron chi connectivity index (χ4n) is 5.75. The van der Waals surface area contributed by atoms with Crippen molar-refractivity contribution in [2.24, 2.45) is 5.92 Å². The van der Waals surface area contributed by atoms with E-state index in [9.17, 15) is 13.0 Å². The maximum Gasteiger partial charge on any atom is 1.00 e. The zero-order valence-corrected chi connectivity index (χ0v) is 31.5. The molecule has 0 aromatic carbocycles. The first-order chi connectivity index (χ1) is 19.0. The van der Waals surface area contributed by atoms with Gasteiger partial charge < -0.3 is 4.55 Å². The zero-order chi connectivity index (χ0) is 28.7. The van der Waals surface area contributed by atoms with Crippen molar-refractivity contribution in [3.63, 3.8) is 0 Å². The van der Waals surface area contributed by atoms with E-state index in [0.29, 0.717) is 0 Å². The second kappa shape index (κ2) is 35.0. The molecule has 0 spiro atoms. The van der Waals surface area contributed by atoms with E-state index >= 15 is 0 Å². The number of unbranched alkanes of at least 4 members (excludes halogenated alkanes) is 26. The minimum Gasteiger partial charge on any atom is -0.726 e. The summed E-state index contributed by atoms with van der Waals surface area (Å²) in [5.41, 5.74) is 0. The molecule has 0 bridgehead atoms. The van der Waals surface area contributed by atoms with Gasteiger partial charge >= 0.3 is 51.4 Å². The summed E-state index contributed by atoms with van der Waals surface area (Å²) in [6, 6.07) is 0. The van der Waals surface area contributed by atoms with Crippen molar-refractivity contribution in [1.82, 2.24) is 0 Å². The van der Waals surface area contributed by atoms with E-state index in [1.54, 1.807) is 0 Å². The molecule has 1 unspecified atom stereocenters. The smallest absolute Gasteiger partial charge is 0.726 e. The Morgan fingerprint density at radius 2 is 0.675 bits per heavy atom. The van der Waals surface area contributed by atoms with Crippen LogP contribution in [-0.2, 0) is 14.6 Å². The van der Waals surface area contributed by atoms with Crippen molar-refractivity contribution in [2.75, 3.05) is 6.61 Å². The maximum absolute atomic E-state index is 11.0. The third kappa shape index (κ3) is 37.5. The van der Waals surface area contributed by atoms with Gasteiger partial charge in [-0.2, -0.15) is 0 Å². The van der Waals surface area contributed by atoms with Crippen LogP contribution in [0.3, 0.4) is 0 Å². The van der Waals surface area contributed by atoms with E-state index < -0.39 is 10.4 Å². The minimum absolute atomic E-state index is 0. The normalized spacial score (nSPS) is 12.5. The molecule has 236 valence electrons. The first kappa shape index (κ1) is 43.6. The summed E-state index contributed by atoms with van der Waals surface area (Å²) in [5.74, 6) is 0.198. The van der Waals surface area contributed by atoms with Crippen LogP contribution in [0.2, 0.25) is 0 Å². The van der Waals surface area contributed by atoms with Crippen molar-refractivity contribution in [3.05, 3.63) is 0 Å². The van der Waals surface area contributed by atoms with Crippen LogP contribution in [0, 0.1) is 5.92 Å². The molecule has 40 heavy (non-hydrogen) atoms. The number of hydrogen-bond donors (Lipinski definition) is 0. The van der Waals surface area contributed by atoms with Crippen molar-refractivity contribution < 1.29 is 68.5 Å². The van der Waals surface area contributed by atoms with Crippen LogP contribution in [0.4, 0.5) is 0 Å². The second-order valence-corrected chi connectivity index (χ2v) is 13.4. The number of hydrogen-bond acceptors (Lipinski definition) is 4. The van der Waals surface area contributed by atoms with Gasteiger partial charge in [0.25, 0.3) is 0 Å². The topological polar surface area (TPSA) is 66.4 Å². The summed E-state index contributed by atoms with van der Waals surface area (Å²) in [4.78, 5) is 0. The molecule has 0 aliphatic heterocycles. The standard InChI is InChI=1S/C34H70O4S.K/c1-3-5-7-9-11-13-15-17-18-20-22-24-26-28-30-32-34(33-38-39(35,36)37)31-29-27-25-23-21-19-16-14-12-10-8-6-4-2;/h34H,3-33H2,1-2H3,(H,35,36,37);/q;+1/p-1. The van der Waals surface area contributed by atoms with Gasteiger partial charge in [-0.25, -0.2) is 8.42 Å². The molecule has 4 nitrogen and oxygen atoms in total. The first-order valence-corrected chi connectivity index (χ1v) is 18.9. The Morgan fingerprint density at radius 3 is 0.900 bits per heavy atom. The van der Waals surface area contributed by atoms with Crippen LogP contribution in [-0.4, -0.2) is 19.6 Å². The van der Waals surface area contributed by atoms with Gasteiger partial charge in [0.05, 0.1) is 6.61 Å². The Bertz CT molecular complexity index is 570. The predicted octanol–water partition coefficient (Wildman–Crippen LogP) is 8.83. The first-order valence-electron chi connectivity index (χ1n) is 17.6. The molecule has 0 saturated heterocycles. The van der Waals surface area contributed by atoms with E-state index in [1.807, 2.05) is 0 Å². The Labute approximate surface area is 295 Å². The van der Waals surface area contributed by atoms with Crippen LogP contribution >= 0.6 is 0 Å². The van der Waals surface area contributed by atoms with Crippen molar-refractivity contribution in [3.8, 4) is 0 Å². The summed E-state index contributed by atoms with van der Waals surface area (Å²) in [6.45, 7) is 4.62. The van der Waals surface area contributed by atoms with Gasteiger partial charge in [-0.15, -0.1) is 0 Å². The van der Waals surface area contributed by atoms with E-state index in [1.165, 1.54) is 167 Å². The SMILES string of the molecule is CCCCCCCCCCCCCCCCCC(CCCCCCCCCCCCCCC)COS(=O)(=O)[O-].[K+]. The number of rotatable bonds is 33. The third-order valence-corrected chi connectivity index (χ3v) is 8.80. The van der Waals surface area contributed by atoms with Crippen LogP contribution in [0.1, 0.15) is 206 Å². The molecule has 6 heteroatoms.